The molecule has 1 amide bonds. The van der Waals surface area contributed by atoms with Crippen molar-refractivity contribution in [2.75, 3.05) is 17.3 Å². The molecule has 0 unspecified atom stereocenters. The molecule has 118 valence electrons. The number of carboxylic acid groups (broad SMARTS) is 1. The average molecular weight is 333 g/mol. The molecular formula is C13H19NO5S2. The molecule has 0 aliphatic carbocycles. The quantitative estimate of drug-likeness (QED) is 0.795. The molecule has 1 rings (SSSR count). The zero-order chi connectivity index (χ0) is 16.2. The van der Waals surface area contributed by atoms with E-state index in [1.54, 1.807) is 0 Å². The highest BCUT2D eigenvalue weighted by Gasteiger charge is 2.21. The second-order valence-electron chi connectivity index (χ2n) is 4.78. The van der Waals surface area contributed by atoms with E-state index in [9.17, 15) is 23.1 Å². The first-order valence-electron chi connectivity index (χ1n) is 6.48. The number of aromatic carboxylic acids is 1. The maximum Gasteiger partial charge on any atom is 0.339 e. The number of amides is 1. The molecule has 0 saturated carbocycles. The van der Waals surface area contributed by atoms with Gasteiger partial charge in [0.2, 0.25) is 5.91 Å². The van der Waals surface area contributed by atoms with Crippen LogP contribution in [0.15, 0.2) is 0 Å². The molecule has 0 aromatic carbocycles. The highest BCUT2D eigenvalue weighted by molar-refractivity contribution is 7.90. The summed E-state index contributed by atoms with van der Waals surface area (Å²) in [5.74, 6) is -1.50. The normalized spacial score (nSPS) is 11.4. The number of nitrogens with one attached hydrogen (secondary N) is 1. The van der Waals surface area contributed by atoms with E-state index in [0.717, 1.165) is 16.7 Å². The number of anilines is 1. The molecule has 0 fully saturated rings. The first-order chi connectivity index (χ1) is 9.65. The molecular weight excluding hydrogens is 314 g/mol. The van der Waals surface area contributed by atoms with Crippen LogP contribution in [0, 0.1) is 6.92 Å². The van der Waals surface area contributed by atoms with Crippen LogP contribution in [-0.2, 0) is 21.1 Å². The number of hydrogen-bond acceptors (Lipinski definition) is 5. The predicted molar refractivity (Wildman–Crippen MR) is 83.0 cm³/mol. The van der Waals surface area contributed by atoms with Gasteiger partial charge in [-0.1, -0.05) is 6.92 Å². The van der Waals surface area contributed by atoms with Gasteiger partial charge in [0.15, 0.2) is 0 Å². The number of carboxylic acids is 1. The van der Waals surface area contributed by atoms with Crippen LogP contribution < -0.4 is 5.32 Å². The summed E-state index contributed by atoms with van der Waals surface area (Å²) in [6.45, 7) is 3.68. The van der Waals surface area contributed by atoms with Crippen molar-refractivity contribution in [2.45, 2.75) is 33.1 Å². The van der Waals surface area contributed by atoms with Gasteiger partial charge in [-0.2, -0.15) is 0 Å². The Labute approximate surface area is 128 Å². The molecule has 1 aromatic rings. The van der Waals surface area contributed by atoms with Gasteiger partial charge in [-0.05, 0) is 25.3 Å². The summed E-state index contributed by atoms with van der Waals surface area (Å²) >= 11 is 1.23. The molecule has 21 heavy (non-hydrogen) atoms. The van der Waals surface area contributed by atoms with Gasteiger partial charge in [0.05, 0.1) is 11.3 Å². The van der Waals surface area contributed by atoms with Crippen molar-refractivity contribution < 1.29 is 23.1 Å². The molecule has 1 heterocycles. The summed E-state index contributed by atoms with van der Waals surface area (Å²) in [7, 11) is -3.09. The maximum absolute atomic E-state index is 11.8. The van der Waals surface area contributed by atoms with Crippen LogP contribution >= 0.6 is 11.3 Å². The Morgan fingerprint density at radius 1 is 1.33 bits per heavy atom. The number of sulfone groups is 1. The molecule has 0 aliphatic heterocycles. The number of rotatable bonds is 7. The molecule has 1 aromatic heterocycles. The Morgan fingerprint density at radius 2 is 1.95 bits per heavy atom. The molecule has 0 bridgehead atoms. The van der Waals surface area contributed by atoms with Crippen molar-refractivity contribution in [1.82, 2.24) is 0 Å². The third-order valence-corrected chi connectivity index (χ3v) is 5.04. The van der Waals surface area contributed by atoms with E-state index in [1.165, 1.54) is 11.3 Å². The van der Waals surface area contributed by atoms with Crippen LogP contribution in [0.4, 0.5) is 5.00 Å². The fraction of sp³-hybridized carbons (Fsp3) is 0.538. The van der Waals surface area contributed by atoms with Crippen molar-refractivity contribution in [1.29, 1.82) is 0 Å². The molecule has 0 atom stereocenters. The van der Waals surface area contributed by atoms with Crippen molar-refractivity contribution in [3.05, 3.63) is 16.0 Å². The fourth-order valence-corrected chi connectivity index (χ4v) is 3.82. The van der Waals surface area contributed by atoms with Gasteiger partial charge in [0.25, 0.3) is 0 Å². The average Bonchev–Trinajstić information content (AvgIpc) is 2.63. The summed E-state index contributed by atoms with van der Waals surface area (Å²) < 4.78 is 22.0. The molecule has 0 aliphatic rings. The van der Waals surface area contributed by atoms with Crippen LogP contribution in [0.1, 0.15) is 40.6 Å². The summed E-state index contributed by atoms with van der Waals surface area (Å²) in [6, 6.07) is 0. The van der Waals surface area contributed by atoms with E-state index >= 15 is 0 Å². The SMILES string of the molecule is CCc1c(C)sc(NC(=O)CCCS(C)(=O)=O)c1C(=O)O. The Balaban J connectivity index is 2.79. The van der Waals surface area contributed by atoms with Crippen molar-refractivity contribution >= 4 is 38.1 Å². The first-order valence-corrected chi connectivity index (χ1v) is 9.36. The van der Waals surface area contributed by atoms with Gasteiger partial charge in [-0.15, -0.1) is 11.3 Å². The molecule has 0 radical (unpaired) electrons. The lowest BCUT2D eigenvalue weighted by Gasteiger charge is -2.05. The third kappa shape index (κ3) is 5.13. The van der Waals surface area contributed by atoms with Crippen molar-refractivity contribution in [3.63, 3.8) is 0 Å². The summed E-state index contributed by atoms with van der Waals surface area (Å²) in [5.41, 5.74) is 0.857. The second-order valence-corrected chi connectivity index (χ2v) is 8.27. The third-order valence-electron chi connectivity index (χ3n) is 2.95. The number of hydrogen-bond donors (Lipinski definition) is 2. The lowest BCUT2D eigenvalue weighted by molar-refractivity contribution is -0.116. The minimum atomic E-state index is -3.09. The maximum atomic E-state index is 11.8. The van der Waals surface area contributed by atoms with E-state index in [0.29, 0.717) is 11.4 Å². The van der Waals surface area contributed by atoms with Gasteiger partial charge >= 0.3 is 5.97 Å². The predicted octanol–water partition coefficient (Wildman–Crippen LogP) is 2.08. The number of carbonyl (C=O) groups is 2. The fourth-order valence-electron chi connectivity index (χ4n) is 2.00. The molecule has 6 nitrogen and oxygen atoms in total. The zero-order valence-electron chi connectivity index (χ0n) is 12.2. The largest absolute Gasteiger partial charge is 0.478 e. The van der Waals surface area contributed by atoms with Crippen molar-refractivity contribution in [2.24, 2.45) is 0 Å². The zero-order valence-corrected chi connectivity index (χ0v) is 13.9. The van der Waals surface area contributed by atoms with E-state index in [1.807, 2.05) is 13.8 Å². The van der Waals surface area contributed by atoms with Crippen LogP contribution in [0.5, 0.6) is 0 Å². The molecule has 0 spiro atoms. The molecule has 0 saturated heterocycles. The minimum Gasteiger partial charge on any atom is -0.478 e. The Kier molecular flexibility index (Phi) is 5.91. The molecule has 8 heteroatoms. The topological polar surface area (TPSA) is 101 Å². The van der Waals surface area contributed by atoms with Crippen LogP contribution in [-0.4, -0.2) is 37.4 Å². The van der Waals surface area contributed by atoms with E-state index < -0.39 is 15.8 Å². The Bertz CT molecular complexity index is 646. The number of carbonyl (C=O) groups excluding carboxylic acids is 1. The van der Waals surface area contributed by atoms with Crippen LogP contribution in [0.3, 0.4) is 0 Å². The lowest BCUT2D eigenvalue weighted by Crippen LogP contribution is -2.15. The van der Waals surface area contributed by atoms with Gasteiger partial charge in [0.1, 0.15) is 14.8 Å². The van der Waals surface area contributed by atoms with Gasteiger partial charge < -0.3 is 10.4 Å². The minimum absolute atomic E-state index is 0.0462. The van der Waals surface area contributed by atoms with E-state index in [4.69, 9.17) is 0 Å². The lowest BCUT2D eigenvalue weighted by atomic mass is 10.1. The highest BCUT2D eigenvalue weighted by Crippen LogP contribution is 2.33. The smallest absolute Gasteiger partial charge is 0.339 e. The van der Waals surface area contributed by atoms with E-state index in [-0.39, 0.29) is 30.1 Å². The van der Waals surface area contributed by atoms with Gasteiger partial charge in [-0.25, -0.2) is 13.2 Å². The summed E-state index contributed by atoms with van der Waals surface area (Å²) in [6.07, 6.45) is 1.96. The number of thiophene rings is 1. The number of aryl methyl sites for hydroxylation is 1. The summed E-state index contributed by atoms with van der Waals surface area (Å²) in [5, 5.41) is 12.2. The highest BCUT2D eigenvalue weighted by atomic mass is 32.2. The summed E-state index contributed by atoms with van der Waals surface area (Å²) in [4.78, 5) is 24.0. The van der Waals surface area contributed by atoms with E-state index in [2.05, 4.69) is 5.32 Å². The van der Waals surface area contributed by atoms with Gasteiger partial charge in [-0.3, -0.25) is 4.79 Å². The van der Waals surface area contributed by atoms with Gasteiger partial charge in [0, 0.05) is 17.6 Å². The monoisotopic (exact) mass is 333 g/mol. The van der Waals surface area contributed by atoms with Crippen LogP contribution in [0.2, 0.25) is 0 Å². The van der Waals surface area contributed by atoms with Crippen LogP contribution in [0.25, 0.3) is 0 Å². The second kappa shape index (κ2) is 7.04. The van der Waals surface area contributed by atoms with Crippen molar-refractivity contribution in [3.8, 4) is 0 Å². The standard InChI is InChI=1S/C13H19NO5S2/c1-4-9-8(2)20-12(11(9)13(16)17)14-10(15)6-5-7-21(3,18)19/h4-7H2,1-3H3,(H,14,15)(H,16,17). The molecule has 2 N–H and O–H groups in total. The Morgan fingerprint density at radius 3 is 2.43 bits per heavy atom. The Hall–Kier alpha value is -1.41. The first kappa shape index (κ1) is 17.6.